The molecule has 1 aromatic rings. The van der Waals surface area contributed by atoms with Crippen LogP contribution in [0.5, 0.6) is 0 Å². The van der Waals surface area contributed by atoms with Crippen LogP contribution in [0, 0.1) is 0 Å². The van der Waals surface area contributed by atoms with Gasteiger partial charge in [0.2, 0.25) is 10.0 Å². The number of aromatic amines is 1. The van der Waals surface area contributed by atoms with E-state index in [1.54, 1.807) is 4.57 Å². The van der Waals surface area contributed by atoms with Gasteiger partial charge in [-0.1, -0.05) is 0 Å². The predicted octanol–water partition coefficient (Wildman–Crippen LogP) is -0.303. The van der Waals surface area contributed by atoms with E-state index in [1.807, 2.05) is 0 Å². The average molecular weight is 315 g/mol. The Balaban J connectivity index is 2.18. The standard InChI is InChI=1S/C13H21N3O4S/c1-15(21(2,19)20)8-5-9-16-11-7-4-3-6-10(11)12(17)14-13(16)18/h3-9H2,1-2H3,(H,14,17,18). The molecule has 7 nitrogen and oxygen atoms in total. The summed E-state index contributed by atoms with van der Waals surface area (Å²) in [4.78, 5) is 26.1. The summed E-state index contributed by atoms with van der Waals surface area (Å²) in [6.45, 7) is 0.761. The van der Waals surface area contributed by atoms with E-state index in [9.17, 15) is 18.0 Å². The van der Waals surface area contributed by atoms with E-state index in [-0.39, 0.29) is 5.56 Å². The fourth-order valence-electron chi connectivity index (χ4n) is 2.65. The van der Waals surface area contributed by atoms with Crippen molar-refractivity contribution in [3.8, 4) is 0 Å². The number of rotatable bonds is 5. The Bertz CT molecular complexity index is 733. The van der Waals surface area contributed by atoms with Gasteiger partial charge in [-0.25, -0.2) is 17.5 Å². The van der Waals surface area contributed by atoms with Gasteiger partial charge >= 0.3 is 5.69 Å². The fraction of sp³-hybridized carbons (Fsp3) is 0.692. The second-order valence-corrected chi connectivity index (χ2v) is 7.57. The second kappa shape index (κ2) is 6.15. The van der Waals surface area contributed by atoms with Gasteiger partial charge in [0.1, 0.15) is 0 Å². The summed E-state index contributed by atoms with van der Waals surface area (Å²) in [5.41, 5.74) is 0.844. The van der Waals surface area contributed by atoms with E-state index in [2.05, 4.69) is 4.98 Å². The normalized spacial score (nSPS) is 15.2. The van der Waals surface area contributed by atoms with Crippen LogP contribution in [0.2, 0.25) is 0 Å². The van der Waals surface area contributed by atoms with E-state index in [4.69, 9.17) is 0 Å². The summed E-state index contributed by atoms with van der Waals surface area (Å²) in [5.74, 6) is 0. The van der Waals surface area contributed by atoms with E-state index in [0.29, 0.717) is 31.5 Å². The average Bonchev–Trinajstić information content (AvgIpc) is 2.41. The van der Waals surface area contributed by atoms with Crippen LogP contribution >= 0.6 is 0 Å². The molecule has 0 unspecified atom stereocenters. The van der Waals surface area contributed by atoms with E-state index < -0.39 is 15.7 Å². The lowest BCUT2D eigenvalue weighted by molar-refractivity contribution is 0.439. The minimum atomic E-state index is -3.20. The molecule has 2 rings (SSSR count). The monoisotopic (exact) mass is 315 g/mol. The molecule has 0 saturated heterocycles. The largest absolute Gasteiger partial charge is 0.328 e. The van der Waals surface area contributed by atoms with Gasteiger partial charge in [-0.05, 0) is 32.1 Å². The molecule has 1 heterocycles. The molecule has 8 heteroatoms. The number of hydrogen-bond donors (Lipinski definition) is 1. The van der Waals surface area contributed by atoms with Crippen molar-refractivity contribution in [3.63, 3.8) is 0 Å². The summed E-state index contributed by atoms with van der Waals surface area (Å²) in [7, 11) is -1.69. The molecule has 0 fully saturated rings. The van der Waals surface area contributed by atoms with Gasteiger partial charge < -0.3 is 0 Å². The number of nitrogens with zero attached hydrogens (tertiary/aromatic N) is 2. The van der Waals surface area contributed by atoms with Crippen molar-refractivity contribution in [1.29, 1.82) is 0 Å². The van der Waals surface area contributed by atoms with Crippen LogP contribution in [0.15, 0.2) is 9.59 Å². The minimum absolute atomic E-state index is 0.279. The Morgan fingerprint density at radius 1 is 1.24 bits per heavy atom. The van der Waals surface area contributed by atoms with Crippen molar-refractivity contribution in [2.45, 2.75) is 38.6 Å². The van der Waals surface area contributed by atoms with Crippen molar-refractivity contribution in [2.24, 2.45) is 0 Å². The number of aromatic nitrogens is 2. The quantitative estimate of drug-likeness (QED) is 0.807. The molecule has 0 bridgehead atoms. The summed E-state index contributed by atoms with van der Waals surface area (Å²) < 4.78 is 25.5. The Morgan fingerprint density at radius 3 is 2.57 bits per heavy atom. The maximum Gasteiger partial charge on any atom is 0.328 e. The van der Waals surface area contributed by atoms with Crippen LogP contribution in [-0.4, -0.2) is 42.1 Å². The van der Waals surface area contributed by atoms with Crippen LogP contribution in [0.1, 0.15) is 30.5 Å². The summed E-state index contributed by atoms with van der Waals surface area (Å²) in [6, 6.07) is 0. The highest BCUT2D eigenvalue weighted by Crippen LogP contribution is 2.16. The molecule has 1 aliphatic carbocycles. The lowest BCUT2D eigenvalue weighted by atomic mass is 9.97. The molecule has 0 aromatic carbocycles. The smallest absolute Gasteiger partial charge is 0.297 e. The molecule has 0 amide bonds. The van der Waals surface area contributed by atoms with Crippen LogP contribution in [0.3, 0.4) is 0 Å². The molecular formula is C13H21N3O4S. The van der Waals surface area contributed by atoms with Crippen LogP contribution in [0.25, 0.3) is 0 Å². The molecule has 1 aliphatic rings. The first-order valence-electron chi connectivity index (χ1n) is 7.07. The van der Waals surface area contributed by atoms with Gasteiger partial charge in [0.15, 0.2) is 0 Å². The lowest BCUT2D eigenvalue weighted by Gasteiger charge is -2.20. The molecule has 0 atom stereocenters. The van der Waals surface area contributed by atoms with Crippen LogP contribution in [-0.2, 0) is 29.4 Å². The maximum absolute atomic E-state index is 12.0. The van der Waals surface area contributed by atoms with Crippen molar-refractivity contribution in [2.75, 3.05) is 19.8 Å². The zero-order valence-corrected chi connectivity index (χ0v) is 13.2. The molecule has 118 valence electrons. The molecule has 0 radical (unpaired) electrons. The van der Waals surface area contributed by atoms with Crippen molar-refractivity contribution in [1.82, 2.24) is 13.9 Å². The molecule has 1 N–H and O–H groups in total. The first-order valence-corrected chi connectivity index (χ1v) is 8.91. The van der Waals surface area contributed by atoms with Gasteiger partial charge in [-0.3, -0.25) is 14.3 Å². The van der Waals surface area contributed by atoms with E-state index in [1.165, 1.54) is 11.4 Å². The lowest BCUT2D eigenvalue weighted by Crippen LogP contribution is -2.37. The zero-order chi connectivity index (χ0) is 15.6. The zero-order valence-electron chi connectivity index (χ0n) is 12.4. The Hall–Kier alpha value is -1.41. The summed E-state index contributed by atoms with van der Waals surface area (Å²) in [6.07, 6.45) is 5.05. The predicted molar refractivity (Wildman–Crippen MR) is 80.1 cm³/mol. The van der Waals surface area contributed by atoms with Crippen LogP contribution in [0.4, 0.5) is 0 Å². The molecule has 1 aromatic heterocycles. The fourth-order valence-corrected chi connectivity index (χ4v) is 3.11. The third-order valence-corrected chi connectivity index (χ3v) is 5.24. The third kappa shape index (κ3) is 3.62. The third-order valence-electron chi connectivity index (χ3n) is 3.93. The SMILES string of the molecule is CN(CCCn1c2c(c(=O)[nH]c1=O)CCCC2)S(C)(=O)=O. The number of nitrogens with one attached hydrogen (secondary N) is 1. The highest BCUT2D eigenvalue weighted by molar-refractivity contribution is 7.88. The van der Waals surface area contributed by atoms with Crippen molar-refractivity contribution < 1.29 is 8.42 Å². The number of hydrogen-bond acceptors (Lipinski definition) is 4. The van der Waals surface area contributed by atoms with Gasteiger partial charge in [-0.15, -0.1) is 0 Å². The van der Waals surface area contributed by atoms with Crippen molar-refractivity contribution in [3.05, 3.63) is 32.1 Å². The second-order valence-electron chi connectivity index (χ2n) is 5.48. The first kappa shape index (κ1) is 16.0. The first-order chi connectivity index (χ1) is 9.80. The van der Waals surface area contributed by atoms with E-state index in [0.717, 1.165) is 31.2 Å². The highest BCUT2D eigenvalue weighted by atomic mass is 32.2. The van der Waals surface area contributed by atoms with Crippen LogP contribution < -0.4 is 11.2 Å². The Kier molecular flexibility index (Phi) is 4.67. The summed E-state index contributed by atoms with van der Waals surface area (Å²) >= 11 is 0. The minimum Gasteiger partial charge on any atom is -0.297 e. The van der Waals surface area contributed by atoms with Gasteiger partial charge in [0.05, 0.1) is 6.26 Å². The molecule has 21 heavy (non-hydrogen) atoms. The molecule has 0 saturated carbocycles. The number of H-pyrrole nitrogens is 1. The Labute approximate surface area is 123 Å². The highest BCUT2D eigenvalue weighted by Gasteiger charge is 2.18. The topological polar surface area (TPSA) is 92.2 Å². The summed E-state index contributed by atoms with van der Waals surface area (Å²) in [5, 5.41) is 0. The number of fused-ring (bicyclic) bond motifs is 1. The van der Waals surface area contributed by atoms with Gasteiger partial charge in [-0.2, -0.15) is 0 Å². The maximum atomic E-state index is 12.0. The van der Waals surface area contributed by atoms with E-state index >= 15 is 0 Å². The molecular weight excluding hydrogens is 294 g/mol. The molecule has 0 spiro atoms. The van der Waals surface area contributed by atoms with Gasteiger partial charge in [0.25, 0.3) is 5.56 Å². The van der Waals surface area contributed by atoms with Crippen molar-refractivity contribution >= 4 is 10.0 Å². The van der Waals surface area contributed by atoms with Gasteiger partial charge in [0, 0.05) is 31.4 Å². The number of sulfonamides is 1. The Morgan fingerprint density at radius 2 is 1.90 bits per heavy atom. The molecule has 0 aliphatic heterocycles.